The average molecular weight is 430 g/mol. The van der Waals surface area contributed by atoms with Crippen molar-refractivity contribution >= 4 is 0 Å². The van der Waals surface area contributed by atoms with Crippen LogP contribution in [0.3, 0.4) is 0 Å². The predicted molar refractivity (Wildman–Crippen MR) is 102 cm³/mol. The van der Waals surface area contributed by atoms with E-state index in [1.807, 2.05) is 6.07 Å². The Bertz CT molecular complexity index is 836. The molecule has 0 saturated heterocycles. The summed E-state index contributed by atoms with van der Waals surface area (Å²) >= 11 is 0. The average Bonchev–Trinajstić information content (AvgIpc) is 2.67. The molecule has 30 heavy (non-hydrogen) atoms. The molecule has 1 aliphatic rings. The number of benzene rings is 2. The lowest BCUT2D eigenvalue weighted by molar-refractivity contribution is -0.431. The van der Waals surface area contributed by atoms with E-state index in [4.69, 9.17) is 0 Å². The summed E-state index contributed by atoms with van der Waals surface area (Å²) in [6, 6.07) is 8.87. The Hall–Kier alpha value is -2.02. The third-order valence-corrected chi connectivity index (χ3v) is 5.78. The number of hydrogen-bond donors (Lipinski definition) is 0. The quantitative estimate of drug-likeness (QED) is 0.420. The molecule has 0 spiro atoms. The van der Waals surface area contributed by atoms with Crippen molar-refractivity contribution in [2.75, 3.05) is 0 Å². The number of rotatable bonds is 6. The second-order valence-electron chi connectivity index (χ2n) is 7.89. The summed E-state index contributed by atoms with van der Waals surface area (Å²) < 4.78 is 81.2. The number of alkyl halides is 5. The second kappa shape index (κ2) is 9.00. The van der Waals surface area contributed by atoms with Gasteiger partial charge in [0.2, 0.25) is 0 Å². The smallest absolute Gasteiger partial charge is 0.222 e. The molecular weight excluding hydrogens is 406 g/mol. The molecule has 1 aliphatic carbocycles. The number of hydrogen-bond acceptors (Lipinski definition) is 1. The van der Waals surface area contributed by atoms with Crippen molar-refractivity contribution in [3.63, 3.8) is 0 Å². The lowest BCUT2D eigenvalue weighted by Crippen LogP contribution is -2.27. The van der Waals surface area contributed by atoms with Crippen LogP contribution in [0.4, 0.5) is 26.3 Å². The molecule has 0 bridgehead atoms. The van der Waals surface area contributed by atoms with Crippen LogP contribution in [0, 0.1) is 11.7 Å². The Labute approximate surface area is 172 Å². The van der Waals surface area contributed by atoms with Crippen LogP contribution in [0.1, 0.15) is 62.5 Å². The summed E-state index contributed by atoms with van der Waals surface area (Å²) in [5, 5.41) is 0. The van der Waals surface area contributed by atoms with Crippen molar-refractivity contribution in [2.24, 2.45) is 5.92 Å². The maximum Gasteiger partial charge on any atom is 0.527 e. The van der Waals surface area contributed by atoms with E-state index in [1.165, 1.54) is 18.9 Å². The molecule has 0 amide bonds. The Morgan fingerprint density at radius 3 is 2.07 bits per heavy atom. The molecule has 3 rings (SSSR count). The van der Waals surface area contributed by atoms with E-state index in [9.17, 15) is 26.3 Å². The van der Waals surface area contributed by atoms with Gasteiger partial charge in [0.15, 0.2) is 0 Å². The molecule has 1 saturated carbocycles. The zero-order valence-electron chi connectivity index (χ0n) is 16.6. The van der Waals surface area contributed by atoms with Crippen LogP contribution in [0.25, 0.3) is 11.1 Å². The van der Waals surface area contributed by atoms with Crippen LogP contribution in [0.15, 0.2) is 42.5 Å². The maximum atomic E-state index is 14.7. The van der Waals surface area contributed by atoms with Crippen molar-refractivity contribution in [2.45, 2.75) is 63.8 Å². The van der Waals surface area contributed by atoms with Crippen LogP contribution >= 0.6 is 0 Å². The van der Waals surface area contributed by atoms with Crippen LogP contribution in [-0.4, -0.2) is 6.36 Å². The zero-order chi connectivity index (χ0) is 21.9. The second-order valence-corrected chi connectivity index (χ2v) is 7.89. The first-order valence-corrected chi connectivity index (χ1v) is 10.1. The van der Waals surface area contributed by atoms with E-state index in [2.05, 4.69) is 11.7 Å². The van der Waals surface area contributed by atoms with E-state index in [0.717, 1.165) is 61.4 Å². The summed E-state index contributed by atoms with van der Waals surface area (Å²) in [6.45, 7) is 2.18. The molecule has 1 nitrogen and oxygen atoms in total. The Balaban J connectivity index is 1.73. The molecule has 1 fully saturated rings. The van der Waals surface area contributed by atoms with Gasteiger partial charge >= 0.3 is 12.5 Å². The van der Waals surface area contributed by atoms with Crippen molar-refractivity contribution in [3.05, 3.63) is 59.4 Å². The molecule has 0 atom stereocenters. The van der Waals surface area contributed by atoms with Gasteiger partial charge in [0.1, 0.15) is 5.82 Å². The third-order valence-electron chi connectivity index (χ3n) is 5.78. The topological polar surface area (TPSA) is 9.23 Å². The summed E-state index contributed by atoms with van der Waals surface area (Å²) in [6.07, 6.45) is -3.28. The van der Waals surface area contributed by atoms with Crippen molar-refractivity contribution < 1.29 is 31.1 Å². The fourth-order valence-electron chi connectivity index (χ4n) is 4.26. The Morgan fingerprint density at radius 1 is 0.900 bits per heavy atom. The van der Waals surface area contributed by atoms with Crippen LogP contribution < -0.4 is 0 Å². The minimum atomic E-state index is -5.47. The van der Waals surface area contributed by atoms with Gasteiger partial charge in [0.25, 0.3) is 0 Å². The summed E-state index contributed by atoms with van der Waals surface area (Å²) in [5.74, 6) is 0.574. The molecular formula is C23H24F6O. The van der Waals surface area contributed by atoms with Gasteiger partial charge in [-0.05, 0) is 66.8 Å². The summed E-state index contributed by atoms with van der Waals surface area (Å²) in [7, 11) is 0. The molecule has 0 heterocycles. The largest absolute Gasteiger partial charge is 0.527 e. The molecule has 2 aromatic rings. The van der Waals surface area contributed by atoms with Gasteiger partial charge < -0.3 is 0 Å². The van der Waals surface area contributed by atoms with Crippen molar-refractivity contribution in [3.8, 4) is 11.1 Å². The van der Waals surface area contributed by atoms with E-state index in [0.29, 0.717) is 11.5 Å². The van der Waals surface area contributed by atoms with Crippen molar-refractivity contribution in [1.82, 2.24) is 0 Å². The highest BCUT2D eigenvalue weighted by atomic mass is 19.4. The monoisotopic (exact) mass is 430 g/mol. The zero-order valence-corrected chi connectivity index (χ0v) is 16.6. The summed E-state index contributed by atoms with van der Waals surface area (Å²) in [5.41, 5.74) is 0.486. The molecule has 2 aromatic carbocycles. The van der Waals surface area contributed by atoms with E-state index < -0.39 is 23.9 Å². The standard InChI is InChI=1S/C23H24F6O/c1-2-3-15-4-6-16(7-5-15)18-10-13-20(21(24)14-18)17-8-11-19(12-9-17)22(25,26)30-23(27,28)29/h8-16H,2-7H2,1H3. The van der Waals surface area contributed by atoms with Gasteiger partial charge in [-0.3, -0.25) is 0 Å². The van der Waals surface area contributed by atoms with Crippen LogP contribution in [0.5, 0.6) is 0 Å². The number of ether oxygens (including phenoxy) is 1. The highest BCUT2D eigenvalue weighted by Crippen LogP contribution is 2.40. The van der Waals surface area contributed by atoms with Crippen molar-refractivity contribution in [1.29, 1.82) is 0 Å². The molecule has 7 heteroatoms. The lowest BCUT2D eigenvalue weighted by atomic mass is 9.77. The highest BCUT2D eigenvalue weighted by Gasteiger charge is 2.46. The maximum absolute atomic E-state index is 14.7. The molecule has 0 N–H and O–H groups in total. The Morgan fingerprint density at radius 2 is 1.53 bits per heavy atom. The van der Waals surface area contributed by atoms with E-state index in [1.54, 1.807) is 6.07 Å². The van der Waals surface area contributed by atoms with Gasteiger partial charge in [-0.1, -0.05) is 44.0 Å². The minimum Gasteiger partial charge on any atom is -0.222 e. The predicted octanol–water partition coefficient (Wildman–Crippen LogP) is 8.15. The van der Waals surface area contributed by atoms with Crippen LogP contribution in [0.2, 0.25) is 0 Å². The SMILES string of the molecule is CCCC1CCC(c2ccc(-c3ccc(C(F)(F)OC(F)(F)F)cc3)c(F)c2)CC1. The molecule has 0 aromatic heterocycles. The third kappa shape index (κ3) is 5.56. The molecule has 0 aliphatic heterocycles. The van der Waals surface area contributed by atoms with E-state index in [-0.39, 0.29) is 5.56 Å². The van der Waals surface area contributed by atoms with Gasteiger partial charge in [0.05, 0.1) is 5.56 Å². The fraction of sp³-hybridized carbons (Fsp3) is 0.478. The van der Waals surface area contributed by atoms with Gasteiger partial charge in [0, 0.05) is 5.56 Å². The van der Waals surface area contributed by atoms with Gasteiger partial charge in [-0.2, -0.15) is 8.78 Å². The lowest BCUT2D eigenvalue weighted by Gasteiger charge is -2.28. The first kappa shape index (κ1) is 22.7. The first-order valence-electron chi connectivity index (χ1n) is 10.1. The fourth-order valence-corrected chi connectivity index (χ4v) is 4.26. The normalized spacial score (nSPS) is 20.4. The molecule has 164 valence electrons. The summed E-state index contributed by atoms with van der Waals surface area (Å²) in [4.78, 5) is 0. The molecule has 0 unspecified atom stereocenters. The Kier molecular flexibility index (Phi) is 6.80. The highest BCUT2D eigenvalue weighted by molar-refractivity contribution is 5.65. The van der Waals surface area contributed by atoms with Gasteiger partial charge in [-0.25, -0.2) is 9.13 Å². The molecule has 0 radical (unpaired) electrons. The first-order chi connectivity index (χ1) is 14.1. The number of halogens is 6. The van der Waals surface area contributed by atoms with E-state index >= 15 is 0 Å². The minimum absolute atomic E-state index is 0.213. The van der Waals surface area contributed by atoms with Gasteiger partial charge in [-0.15, -0.1) is 13.2 Å². The van der Waals surface area contributed by atoms with Crippen LogP contribution in [-0.2, 0) is 10.8 Å².